The van der Waals surface area contributed by atoms with Gasteiger partial charge in [-0.15, -0.1) is 0 Å². The largest absolute Gasteiger partial charge is 0.271 e. The molecule has 2 aromatic rings. The Balaban J connectivity index is 2.57. The van der Waals surface area contributed by atoms with E-state index >= 15 is 0 Å². The van der Waals surface area contributed by atoms with Gasteiger partial charge in [-0.1, -0.05) is 35.9 Å². The lowest BCUT2D eigenvalue weighted by Crippen LogP contribution is -2.30. The van der Waals surface area contributed by atoms with Crippen molar-refractivity contribution in [2.75, 3.05) is 0 Å². The van der Waals surface area contributed by atoms with Crippen molar-refractivity contribution < 1.29 is 13.2 Å². The number of rotatable bonds is 3. The fourth-order valence-corrected chi connectivity index (χ4v) is 2.07. The van der Waals surface area contributed by atoms with Gasteiger partial charge in [0.25, 0.3) is 0 Å². The number of halogens is 4. The molecule has 1 atom stereocenters. The average Bonchev–Trinajstić information content (AvgIpc) is 2.40. The molecule has 0 spiro atoms. The van der Waals surface area contributed by atoms with Gasteiger partial charge in [-0.2, -0.15) is 0 Å². The first kappa shape index (κ1) is 13.9. The smallest absolute Gasteiger partial charge is 0.163 e. The first-order valence-electron chi connectivity index (χ1n) is 5.40. The molecule has 2 aromatic carbocycles. The lowest BCUT2D eigenvalue weighted by Gasteiger charge is -2.19. The van der Waals surface area contributed by atoms with E-state index in [0.29, 0.717) is 0 Å². The van der Waals surface area contributed by atoms with Gasteiger partial charge in [0.15, 0.2) is 11.6 Å². The number of hydrogen-bond acceptors (Lipinski definition) is 2. The first-order chi connectivity index (χ1) is 9.06. The summed E-state index contributed by atoms with van der Waals surface area (Å²) in [5.41, 5.74) is 2.50. The number of hydrogen-bond donors (Lipinski definition) is 2. The Morgan fingerprint density at radius 3 is 2.16 bits per heavy atom. The van der Waals surface area contributed by atoms with Crippen LogP contribution in [-0.4, -0.2) is 0 Å². The van der Waals surface area contributed by atoms with E-state index in [4.69, 9.17) is 17.4 Å². The van der Waals surface area contributed by atoms with Crippen LogP contribution in [0.4, 0.5) is 13.2 Å². The fraction of sp³-hybridized carbons (Fsp3) is 0.0769. The molecule has 100 valence electrons. The summed E-state index contributed by atoms with van der Waals surface area (Å²) >= 11 is 5.82. The van der Waals surface area contributed by atoms with Crippen LogP contribution in [0.3, 0.4) is 0 Å². The summed E-state index contributed by atoms with van der Waals surface area (Å²) in [5, 5.41) is -0.186. The van der Waals surface area contributed by atoms with Crippen LogP contribution < -0.4 is 11.3 Å². The van der Waals surface area contributed by atoms with E-state index in [9.17, 15) is 13.2 Å². The summed E-state index contributed by atoms with van der Waals surface area (Å²) in [6, 6.07) is 6.80. The molecule has 0 aliphatic carbocycles. The van der Waals surface area contributed by atoms with E-state index in [1.165, 1.54) is 30.3 Å². The van der Waals surface area contributed by atoms with Crippen LogP contribution >= 0.6 is 11.6 Å². The zero-order valence-electron chi connectivity index (χ0n) is 9.63. The van der Waals surface area contributed by atoms with Gasteiger partial charge in [-0.05, 0) is 17.7 Å². The minimum Gasteiger partial charge on any atom is -0.271 e. The molecule has 0 saturated heterocycles. The molecular weight excluding hydrogens is 277 g/mol. The van der Waals surface area contributed by atoms with Crippen LogP contribution in [0.25, 0.3) is 0 Å². The number of hydrazine groups is 1. The standard InChI is InChI=1S/C13H10ClF3N2/c14-11-7(3-1-5-9(11)15)13(19-18)8-4-2-6-10(16)12(8)17/h1-6,13,19H,18H2. The second-order valence-electron chi connectivity index (χ2n) is 3.89. The number of nitrogens with two attached hydrogens (primary N) is 1. The van der Waals surface area contributed by atoms with Crippen LogP contribution in [0.1, 0.15) is 17.2 Å². The van der Waals surface area contributed by atoms with E-state index in [2.05, 4.69) is 5.43 Å². The van der Waals surface area contributed by atoms with Gasteiger partial charge in [-0.25, -0.2) is 18.6 Å². The maximum absolute atomic E-state index is 13.7. The van der Waals surface area contributed by atoms with Gasteiger partial charge in [0, 0.05) is 5.56 Å². The highest BCUT2D eigenvalue weighted by Crippen LogP contribution is 2.31. The molecule has 6 heteroatoms. The lowest BCUT2D eigenvalue weighted by atomic mass is 9.98. The highest BCUT2D eigenvalue weighted by atomic mass is 35.5. The molecule has 3 N–H and O–H groups in total. The van der Waals surface area contributed by atoms with Gasteiger partial charge < -0.3 is 0 Å². The van der Waals surface area contributed by atoms with Crippen LogP contribution in [0.15, 0.2) is 36.4 Å². The molecule has 0 saturated carbocycles. The highest BCUT2D eigenvalue weighted by molar-refractivity contribution is 6.31. The molecule has 0 aliphatic rings. The Hall–Kier alpha value is -1.56. The highest BCUT2D eigenvalue weighted by Gasteiger charge is 2.22. The van der Waals surface area contributed by atoms with Gasteiger partial charge >= 0.3 is 0 Å². The second kappa shape index (κ2) is 5.61. The summed E-state index contributed by atoms with van der Waals surface area (Å²) in [6.45, 7) is 0. The van der Waals surface area contributed by atoms with Crippen molar-refractivity contribution >= 4 is 11.6 Å². The van der Waals surface area contributed by atoms with Crippen molar-refractivity contribution in [3.63, 3.8) is 0 Å². The van der Waals surface area contributed by atoms with E-state index in [0.717, 1.165) is 6.07 Å². The predicted octanol–water partition coefficient (Wildman–Crippen LogP) is 3.31. The van der Waals surface area contributed by atoms with E-state index < -0.39 is 23.5 Å². The first-order valence-corrected chi connectivity index (χ1v) is 5.78. The summed E-state index contributed by atoms with van der Waals surface area (Å²) < 4.78 is 40.4. The summed E-state index contributed by atoms with van der Waals surface area (Å²) in [5.74, 6) is 2.64. The van der Waals surface area contributed by atoms with Crippen molar-refractivity contribution in [3.05, 3.63) is 70.0 Å². The Bertz CT molecular complexity index is 553. The zero-order chi connectivity index (χ0) is 14.0. The van der Waals surface area contributed by atoms with Gasteiger partial charge in [0.2, 0.25) is 0 Å². The monoisotopic (exact) mass is 286 g/mol. The van der Waals surface area contributed by atoms with Crippen molar-refractivity contribution in [2.45, 2.75) is 6.04 Å². The lowest BCUT2D eigenvalue weighted by molar-refractivity contribution is 0.482. The molecule has 0 aliphatic heterocycles. The minimum absolute atomic E-state index is 0.0463. The topological polar surface area (TPSA) is 38.0 Å². The molecule has 0 aromatic heterocycles. The van der Waals surface area contributed by atoms with Gasteiger partial charge in [0.1, 0.15) is 5.82 Å². The Kier molecular flexibility index (Phi) is 4.09. The predicted molar refractivity (Wildman–Crippen MR) is 66.9 cm³/mol. The molecule has 2 nitrogen and oxygen atoms in total. The van der Waals surface area contributed by atoms with E-state index in [1.54, 1.807) is 0 Å². The van der Waals surface area contributed by atoms with Crippen molar-refractivity contribution in [2.24, 2.45) is 5.84 Å². The van der Waals surface area contributed by atoms with Crippen LogP contribution in [0, 0.1) is 17.5 Å². The van der Waals surface area contributed by atoms with Crippen LogP contribution in [0.2, 0.25) is 5.02 Å². The molecule has 0 heterocycles. The molecule has 0 radical (unpaired) electrons. The molecule has 1 unspecified atom stereocenters. The summed E-state index contributed by atoms with van der Waals surface area (Å²) in [4.78, 5) is 0. The van der Waals surface area contributed by atoms with Crippen molar-refractivity contribution in [1.29, 1.82) is 0 Å². The second-order valence-corrected chi connectivity index (χ2v) is 4.26. The van der Waals surface area contributed by atoms with E-state index in [1.807, 2.05) is 0 Å². The molecule has 19 heavy (non-hydrogen) atoms. The number of nitrogens with one attached hydrogen (secondary N) is 1. The third-order valence-corrected chi connectivity index (χ3v) is 3.15. The fourth-order valence-electron chi connectivity index (χ4n) is 1.83. The third-order valence-electron chi connectivity index (χ3n) is 2.75. The normalized spacial score (nSPS) is 12.5. The van der Waals surface area contributed by atoms with Gasteiger partial charge in [0.05, 0.1) is 11.1 Å². The molecule has 0 fully saturated rings. The minimum atomic E-state index is -1.05. The number of benzene rings is 2. The van der Waals surface area contributed by atoms with Crippen molar-refractivity contribution in [3.8, 4) is 0 Å². The van der Waals surface area contributed by atoms with Gasteiger partial charge in [-0.3, -0.25) is 5.84 Å². The quantitative estimate of drug-likeness (QED) is 0.671. The third kappa shape index (κ3) is 2.58. The maximum Gasteiger partial charge on any atom is 0.163 e. The maximum atomic E-state index is 13.7. The van der Waals surface area contributed by atoms with E-state index in [-0.39, 0.29) is 16.1 Å². The zero-order valence-corrected chi connectivity index (χ0v) is 10.4. The van der Waals surface area contributed by atoms with Crippen LogP contribution in [-0.2, 0) is 0 Å². The summed E-state index contributed by atoms with van der Waals surface area (Å²) in [7, 11) is 0. The Labute approximate surface area is 113 Å². The van der Waals surface area contributed by atoms with Crippen molar-refractivity contribution in [1.82, 2.24) is 5.43 Å². The SMILES string of the molecule is NNC(c1cccc(F)c1F)c1cccc(F)c1Cl. The average molecular weight is 287 g/mol. The Morgan fingerprint density at radius 1 is 0.947 bits per heavy atom. The molecule has 0 amide bonds. The molecular formula is C13H10ClF3N2. The Morgan fingerprint density at radius 2 is 1.53 bits per heavy atom. The van der Waals surface area contributed by atoms with Crippen LogP contribution in [0.5, 0.6) is 0 Å². The molecule has 2 rings (SSSR count). The molecule has 0 bridgehead atoms. The summed E-state index contributed by atoms with van der Waals surface area (Å²) in [6.07, 6.45) is 0.